The number of amides is 1. The first kappa shape index (κ1) is 18.7. The molecule has 1 aliphatic rings. The zero-order valence-corrected chi connectivity index (χ0v) is 16.2. The molecule has 0 unspecified atom stereocenters. The Kier molecular flexibility index (Phi) is 5.76. The van der Waals surface area contributed by atoms with Crippen LogP contribution in [0.4, 0.5) is 5.69 Å². The van der Waals surface area contributed by atoms with Crippen molar-refractivity contribution in [1.29, 1.82) is 0 Å². The molecule has 2 aromatic carbocycles. The monoisotopic (exact) mass is 397 g/mol. The molecule has 4 rings (SSSR count). The van der Waals surface area contributed by atoms with Gasteiger partial charge in [0.15, 0.2) is 5.76 Å². The molecule has 3 aromatic rings. The fraction of sp³-hybridized carbons (Fsp3) is 0.227. The number of ether oxygens (including phenoxy) is 1. The number of hydrogen-bond acceptors (Lipinski definition) is 3. The van der Waals surface area contributed by atoms with Gasteiger partial charge >= 0.3 is 0 Å². The normalized spacial score (nSPS) is 14.8. The average Bonchev–Trinajstić information content (AvgIpc) is 3.21. The van der Waals surface area contributed by atoms with E-state index in [0.717, 1.165) is 44.1 Å². The van der Waals surface area contributed by atoms with Gasteiger partial charge in [0.2, 0.25) is 0 Å². The van der Waals surface area contributed by atoms with Crippen molar-refractivity contribution in [2.75, 3.05) is 31.6 Å². The van der Waals surface area contributed by atoms with E-state index in [0.29, 0.717) is 10.8 Å². The van der Waals surface area contributed by atoms with Crippen molar-refractivity contribution in [2.45, 2.75) is 6.54 Å². The van der Waals surface area contributed by atoms with Crippen molar-refractivity contribution in [3.8, 4) is 11.3 Å². The molecular weight excluding hydrogens is 376 g/mol. The Labute approximate surface area is 168 Å². The minimum atomic E-state index is -0.272. The summed E-state index contributed by atoms with van der Waals surface area (Å²) in [4.78, 5) is 14.0. The standard InChI is InChI=1S/C22H21ClN2O3/c23-18-5-3-17(4-6-18)20-9-10-21(28-20)22(26)24-19-7-1-16(2-8-19)15-25-11-13-27-14-12-25/h1-10H,11-15H2,(H,24,26)/p+1. The summed E-state index contributed by atoms with van der Waals surface area (Å²) in [7, 11) is 0. The van der Waals surface area contributed by atoms with Crippen LogP contribution in [0.1, 0.15) is 16.1 Å². The maximum Gasteiger partial charge on any atom is 0.291 e. The number of halogens is 1. The minimum Gasteiger partial charge on any atom is -0.451 e. The van der Waals surface area contributed by atoms with Crippen molar-refractivity contribution in [1.82, 2.24) is 0 Å². The van der Waals surface area contributed by atoms with E-state index in [1.54, 1.807) is 24.3 Å². The highest BCUT2D eigenvalue weighted by Gasteiger charge is 2.15. The van der Waals surface area contributed by atoms with Gasteiger partial charge in [-0.15, -0.1) is 0 Å². The number of morpholine rings is 1. The third kappa shape index (κ3) is 4.62. The second kappa shape index (κ2) is 8.61. The van der Waals surface area contributed by atoms with Gasteiger partial charge in [0.25, 0.3) is 5.91 Å². The van der Waals surface area contributed by atoms with E-state index in [1.165, 1.54) is 10.5 Å². The SMILES string of the molecule is O=C(Nc1ccc(C[NH+]2CCOCC2)cc1)c1ccc(-c2ccc(Cl)cc2)o1. The fourth-order valence-corrected chi connectivity index (χ4v) is 3.38. The van der Waals surface area contributed by atoms with Crippen molar-refractivity contribution in [3.63, 3.8) is 0 Å². The second-order valence-electron chi connectivity index (χ2n) is 6.86. The van der Waals surface area contributed by atoms with Crippen LogP contribution < -0.4 is 10.2 Å². The zero-order chi connectivity index (χ0) is 19.3. The number of anilines is 1. The van der Waals surface area contributed by atoms with Crippen LogP contribution in [0.15, 0.2) is 65.1 Å². The molecule has 1 aromatic heterocycles. The molecule has 6 heteroatoms. The van der Waals surface area contributed by atoms with E-state index >= 15 is 0 Å². The smallest absolute Gasteiger partial charge is 0.291 e. The van der Waals surface area contributed by atoms with Crippen LogP contribution in [0, 0.1) is 0 Å². The first-order chi connectivity index (χ1) is 13.7. The quantitative estimate of drug-likeness (QED) is 0.694. The zero-order valence-electron chi connectivity index (χ0n) is 15.4. The maximum atomic E-state index is 12.5. The highest BCUT2D eigenvalue weighted by molar-refractivity contribution is 6.30. The van der Waals surface area contributed by atoms with Gasteiger partial charge in [-0.3, -0.25) is 4.79 Å². The van der Waals surface area contributed by atoms with Gasteiger partial charge in [0.1, 0.15) is 25.4 Å². The van der Waals surface area contributed by atoms with E-state index in [4.69, 9.17) is 20.8 Å². The Bertz CT molecular complexity index is 929. The van der Waals surface area contributed by atoms with E-state index < -0.39 is 0 Å². The first-order valence-electron chi connectivity index (χ1n) is 9.35. The maximum absolute atomic E-state index is 12.5. The lowest BCUT2D eigenvalue weighted by Gasteiger charge is -2.23. The molecular formula is C22H22ClN2O3+. The molecule has 0 atom stereocenters. The average molecular weight is 398 g/mol. The number of hydrogen-bond donors (Lipinski definition) is 2. The molecule has 144 valence electrons. The van der Waals surface area contributed by atoms with Crippen molar-refractivity contribution < 1.29 is 18.8 Å². The molecule has 28 heavy (non-hydrogen) atoms. The molecule has 0 saturated carbocycles. The van der Waals surface area contributed by atoms with Crippen molar-refractivity contribution >= 4 is 23.2 Å². The Hall–Kier alpha value is -2.60. The Morgan fingerprint density at radius 2 is 1.68 bits per heavy atom. The van der Waals surface area contributed by atoms with Crippen molar-refractivity contribution in [3.05, 3.63) is 77.0 Å². The lowest BCUT2D eigenvalue weighted by Crippen LogP contribution is -3.12. The number of carbonyl (C=O) groups is 1. The molecule has 0 radical (unpaired) electrons. The number of rotatable bonds is 5. The molecule has 0 spiro atoms. The van der Waals surface area contributed by atoms with Gasteiger partial charge < -0.3 is 19.4 Å². The largest absolute Gasteiger partial charge is 0.451 e. The first-order valence-corrected chi connectivity index (χ1v) is 9.72. The summed E-state index contributed by atoms with van der Waals surface area (Å²) < 4.78 is 11.1. The number of furan rings is 1. The lowest BCUT2D eigenvalue weighted by molar-refractivity contribution is -0.921. The van der Waals surface area contributed by atoms with Crippen molar-refractivity contribution in [2.24, 2.45) is 0 Å². The van der Waals surface area contributed by atoms with Gasteiger partial charge in [0.05, 0.1) is 13.2 Å². The third-order valence-electron chi connectivity index (χ3n) is 4.82. The molecule has 2 heterocycles. The van der Waals surface area contributed by atoms with Crippen LogP contribution in [-0.2, 0) is 11.3 Å². The van der Waals surface area contributed by atoms with Gasteiger partial charge in [-0.1, -0.05) is 23.7 Å². The molecule has 0 aliphatic carbocycles. The highest BCUT2D eigenvalue weighted by atomic mass is 35.5. The summed E-state index contributed by atoms with van der Waals surface area (Å²) >= 11 is 5.91. The lowest BCUT2D eigenvalue weighted by atomic mass is 10.2. The molecule has 2 N–H and O–H groups in total. The molecule has 1 fully saturated rings. The third-order valence-corrected chi connectivity index (χ3v) is 5.08. The van der Waals surface area contributed by atoms with E-state index in [9.17, 15) is 4.79 Å². The summed E-state index contributed by atoms with van der Waals surface area (Å²) in [6, 6.07) is 18.7. The van der Waals surface area contributed by atoms with Gasteiger partial charge in [-0.25, -0.2) is 0 Å². The predicted octanol–water partition coefficient (Wildman–Crippen LogP) is 3.27. The summed E-state index contributed by atoms with van der Waals surface area (Å²) in [5.74, 6) is 0.629. The summed E-state index contributed by atoms with van der Waals surface area (Å²) in [6.07, 6.45) is 0. The molecule has 1 saturated heterocycles. The number of benzene rings is 2. The van der Waals surface area contributed by atoms with Crippen LogP contribution in [0.25, 0.3) is 11.3 Å². The topological polar surface area (TPSA) is 55.9 Å². The van der Waals surface area contributed by atoms with E-state index in [1.807, 2.05) is 24.3 Å². The number of quaternary nitrogens is 1. The Morgan fingerprint density at radius 3 is 2.39 bits per heavy atom. The second-order valence-corrected chi connectivity index (χ2v) is 7.30. The van der Waals surface area contributed by atoms with Crippen LogP contribution in [0.5, 0.6) is 0 Å². The number of nitrogens with one attached hydrogen (secondary N) is 2. The van der Waals surface area contributed by atoms with E-state index in [-0.39, 0.29) is 11.7 Å². The highest BCUT2D eigenvalue weighted by Crippen LogP contribution is 2.24. The van der Waals surface area contributed by atoms with Crippen LogP contribution in [-0.4, -0.2) is 32.2 Å². The Morgan fingerprint density at radius 1 is 0.964 bits per heavy atom. The molecule has 1 aliphatic heterocycles. The Balaban J connectivity index is 1.37. The summed E-state index contributed by atoms with van der Waals surface area (Å²) in [6.45, 7) is 4.69. The van der Waals surface area contributed by atoms with E-state index in [2.05, 4.69) is 17.4 Å². The van der Waals surface area contributed by atoms with Crippen LogP contribution in [0.3, 0.4) is 0 Å². The molecule has 1 amide bonds. The summed E-state index contributed by atoms with van der Waals surface area (Å²) in [5.41, 5.74) is 2.87. The molecule has 0 bridgehead atoms. The fourth-order valence-electron chi connectivity index (χ4n) is 3.25. The predicted molar refractivity (Wildman–Crippen MR) is 109 cm³/mol. The van der Waals surface area contributed by atoms with Gasteiger partial charge in [-0.2, -0.15) is 0 Å². The van der Waals surface area contributed by atoms with Crippen LogP contribution >= 0.6 is 11.6 Å². The van der Waals surface area contributed by atoms with Crippen LogP contribution in [0.2, 0.25) is 5.02 Å². The van der Waals surface area contributed by atoms with Gasteiger partial charge in [0, 0.05) is 21.8 Å². The minimum absolute atomic E-state index is 0.270. The number of carbonyl (C=O) groups excluding carboxylic acids is 1. The van der Waals surface area contributed by atoms with Gasteiger partial charge in [-0.05, 0) is 48.5 Å². The summed E-state index contributed by atoms with van der Waals surface area (Å²) in [5, 5.41) is 3.54. The molecule has 5 nitrogen and oxygen atoms in total.